The minimum absolute atomic E-state index is 0.517. The van der Waals surface area contributed by atoms with E-state index in [-0.39, 0.29) is 0 Å². The van der Waals surface area contributed by atoms with Crippen LogP contribution in [0.4, 0.5) is 0 Å². The Kier molecular flexibility index (Phi) is 6.50. The third kappa shape index (κ3) is 4.99. The van der Waals surface area contributed by atoms with E-state index in [4.69, 9.17) is 9.26 Å². The zero-order valence-electron chi connectivity index (χ0n) is 17.9. The molecule has 0 radical (unpaired) electrons. The average molecular weight is 476 g/mol. The number of rotatable bonds is 9. The van der Waals surface area contributed by atoms with E-state index in [0.717, 1.165) is 40.8 Å². The summed E-state index contributed by atoms with van der Waals surface area (Å²) in [5, 5.41) is 17.9. The number of hydrogen-bond acceptors (Lipinski definition) is 8. The number of aromatic nitrogens is 5. The van der Waals surface area contributed by atoms with Crippen LogP contribution in [-0.2, 0) is 18.7 Å². The number of ether oxygens (including phenoxy) is 1. The second-order valence-electron chi connectivity index (χ2n) is 7.23. The van der Waals surface area contributed by atoms with Gasteiger partial charge < -0.3 is 13.8 Å². The molecule has 0 amide bonds. The lowest BCUT2D eigenvalue weighted by molar-refractivity contribution is 0.391. The summed E-state index contributed by atoms with van der Waals surface area (Å²) in [6, 6.07) is 20.3. The van der Waals surface area contributed by atoms with Gasteiger partial charge in [-0.05, 0) is 47.7 Å². The van der Waals surface area contributed by atoms with E-state index in [1.54, 1.807) is 30.2 Å². The molecule has 5 rings (SSSR count). The Morgan fingerprint density at radius 2 is 1.85 bits per heavy atom. The van der Waals surface area contributed by atoms with Crippen LogP contribution in [0, 0.1) is 0 Å². The maximum Gasteiger partial charge on any atom is 0.237 e. The van der Waals surface area contributed by atoms with Crippen LogP contribution in [0.25, 0.3) is 22.8 Å². The first-order chi connectivity index (χ1) is 16.3. The van der Waals surface area contributed by atoms with Gasteiger partial charge in [-0.3, -0.25) is 0 Å². The fraction of sp³-hybridized carbons (Fsp3) is 0.167. The predicted octanol–water partition coefficient (Wildman–Crippen LogP) is 5.60. The van der Waals surface area contributed by atoms with E-state index in [0.29, 0.717) is 17.5 Å². The monoisotopic (exact) mass is 475 g/mol. The lowest BCUT2D eigenvalue weighted by Gasteiger charge is -2.10. The van der Waals surface area contributed by atoms with E-state index < -0.39 is 0 Å². The van der Waals surface area contributed by atoms with Gasteiger partial charge in [-0.2, -0.15) is 16.3 Å². The second-order valence-corrected chi connectivity index (χ2v) is 8.96. The number of nitrogens with zero attached hydrogens (tertiary/aromatic N) is 5. The molecule has 9 heteroatoms. The molecule has 33 heavy (non-hydrogen) atoms. The van der Waals surface area contributed by atoms with Gasteiger partial charge in [-0.15, -0.1) is 10.2 Å². The molecule has 5 aromatic rings. The number of benzene rings is 2. The van der Waals surface area contributed by atoms with Gasteiger partial charge in [-0.25, -0.2) is 0 Å². The molecule has 0 fully saturated rings. The summed E-state index contributed by atoms with van der Waals surface area (Å²) in [5.41, 5.74) is 3.22. The Morgan fingerprint density at radius 1 is 1.00 bits per heavy atom. The summed E-state index contributed by atoms with van der Waals surface area (Å²) < 4.78 is 12.9. The largest absolute Gasteiger partial charge is 0.497 e. The van der Waals surface area contributed by atoms with Crippen molar-refractivity contribution in [1.29, 1.82) is 0 Å². The van der Waals surface area contributed by atoms with Crippen LogP contribution in [0.3, 0.4) is 0 Å². The third-order valence-corrected chi connectivity index (χ3v) is 6.74. The number of methoxy groups -OCH3 is 1. The van der Waals surface area contributed by atoms with Crippen molar-refractivity contribution in [3.8, 4) is 28.5 Å². The first-order valence-electron chi connectivity index (χ1n) is 10.4. The fourth-order valence-corrected chi connectivity index (χ4v) is 4.82. The number of thiophene rings is 1. The topological polar surface area (TPSA) is 78.9 Å². The number of hydrogen-bond donors (Lipinski definition) is 0. The molecule has 2 aromatic carbocycles. The Bertz CT molecular complexity index is 1300. The molecule has 0 saturated heterocycles. The molecule has 0 aliphatic carbocycles. The van der Waals surface area contributed by atoms with E-state index in [1.165, 1.54) is 5.56 Å². The van der Waals surface area contributed by atoms with Gasteiger partial charge in [0.15, 0.2) is 11.0 Å². The highest BCUT2D eigenvalue weighted by Crippen LogP contribution is 2.28. The predicted molar refractivity (Wildman–Crippen MR) is 129 cm³/mol. The normalized spacial score (nSPS) is 11.1. The smallest absolute Gasteiger partial charge is 0.237 e. The van der Waals surface area contributed by atoms with Crippen molar-refractivity contribution >= 4 is 23.1 Å². The Balaban J connectivity index is 1.37. The summed E-state index contributed by atoms with van der Waals surface area (Å²) in [6.45, 7) is 0.755. The van der Waals surface area contributed by atoms with Crippen molar-refractivity contribution in [3.63, 3.8) is 0 Å². The van der Waals surface area contributed by atoms with Crippen molar-refractivity contribution in [2.45, 2.75) is 23.9 Å². The molecular weight excluding hydrogens is 454 g/mol. The van der Waals surface area contributed by atoms with E-state index >= 15 is 0 Å². The van der Waals surface area contributed by atoms with Crippen molar-refractivity contribution in [2.75, 3.05) is 7.11 Å². The summed E-state index contributed by atoms with van der Waals surface area (Å²) in [5.74, 6) is 3.31. The maximum atomic E-state index is 5.45. The van der Waals surface area contributed by atoms with Gasteiger partial charge in [-0.1, -0.05) is 47.3 Å². The summed E-state index contributed by atoms with van der Waals surface area (Å²) in [7, 11) is 1.66. The molecule has 0 atom stereocenters. The average Bonchev–Trinajstić information content (AvgIpc) is 3.63. The summed E-state index contributed by atoms with van der Waals surface area (Å²) in [4.78, 5) is 4.51. The maximum absolute atomic E-state index is 5.45. The summed E-state index contributed by atoms with van der Waals surface area (Å²) >= 11 is 3.15. The molecule has 0 aliphatic rings. The Hall–Kier alpha value is -3.43. The zero-order chi connectivity index (χ0) is 22.5. The van der Waals surface area contributed by atoms with Gasteiger partial charge >= 0.3 is 0 Å². The molecule has 3 aromatic heterocycles. The number of thioether (sulfide) groups is 1. The van der Waals surface area contributed by atoms with Gasteiger partial charge in [0.25, 0.3) is 0 Å². The van der Waals surface area contributed by atoms with E-state index in [2.05, 4.69) is 49.2 Å². The van der Waals surface area contributed by atoms with Gasteiger partial charge in [0.2, 0.25) is 11.7 Å². The minimum Gasteiger partial charge on any atom is -0.497 e. The number of aryl methyl sites for hydroxylation is 1. The highest BCUT2D eigenvalue weighted by Gasteiger charge is 2.17. The molecule has 0 bridgehead atoms. The van der Waals surface area contributed by atoms with Crippen molar-refractivity contribution < 1.29 is 9.26 Å². The first kappa shape index (κ1) is 21.4. The van der Waals surface area contributed by atoms with Gasteiger partial charge in [0.05, 0.1) is 12.9 Å². The molecular formula is C24H21N5O2S2. The van der Waals surface area contributed by atoms with Crippen LogP contribution in [0.5, 0.6) is 5.75 Å². The van der Waals surface area contributed by atoms with Crippen molar-refractivity contribution in [3.05, 3.63) is 82.9 Å². The SMILES string of the molecule is COc1ccc(-c2nnc(SCc3nc(-c4ccsc4)no3)n2CCc2ccccc2)cc1. The lowest BCUT2D eigenvalue weighted by Crippen LogP contribution is -2.05. The Morgan fingerprint density at radius 3 is 2.61 bits per heavy atom. The standard InChI is InChI=1S/C24H21N5O2S2/c1-30-20-9-7-18(8-10-20)23-26-27-24(29(23)13-11-17-5-3-2-4-6-17)33-16-21-25-22(28-31-21)19-12-14-32-15-19/h2-10,12,14-15H,11,13,16H2,1H3. The van der Waals surface area contributed by atoms with E-state index in [9.17, 15) is 0 Å². The minimum atomic E-state index is 0.517. The molecule has 0 unspecified atom stereocenters. The quantitative estimate of drug-likeness (QED) is 0.257. The van der Waals surface area contributed by atoms with Crippen LogP contribution < -0.4 is 4.74 Å². The fourth-order valence-electron chi connectivity index (χ4n) is 3.39. The zero-order valence-corrected chi connectivity index (χ0v) is 19.6. The molecule has 0 saturated carbocycles. The van der Waals surface area contributed by atoms with Gasteiger partial charge in [0.1, 0.15) is 5.75 Å². The molecule has 166 valence electrons. The second kappa shape index (κ2) is 10.0. The highest BCUT2D eigenvalue weighted by atomic mass is 32.2. The van der Waals surface area contributed by atoms with E-state index in [1.807, 2.05) is 47.2 Å². The molecule has 0 N–H and O–H groups in total. The lowest BCUT2D eigenvalue weighted by atomic mass is 10.1. The third-order valence-electron chi connectivity index (χ3n) is 5.10. The molecule has 3 heterocycles. The van der Waals surface area contributed by atoms with Crippen molar-refractivity contribution in [2.24, 2.45) is 0 Å². The first-order valence-corrected chi connectivity index (χ1v) is 12.3. The van der Waals surface area contributed by atoms with Crippen LogP contribution in [-0.4, -0.2) is 32.0 Å². The van der Waals surface area contributed by atoms with Gasteiger partial charge in [0, 0.05) is 23.1 Å². The van der Waals surface area contributed by atoms with Crippen molar-refractivity contribution in [1.82, 2.24) is 24.9 Å². The Labute approximate surface area is 199 Å². The van der Waals surface area contributed by atoms with Crippen LogP contribution in [0.15, 0.2) is 81.1 Å². The molecule has 7 nitrogen and oxygen atoms in total. The van der Waals surface area contributed by atoms with Crippen LogP contribution in [0.2, 0.25) is 0 Å². The highest BCUT2D eigenvalue weighted by molar-refractivity contribution is 7.98. The van der Waals surface area contributed by atoms with Crippen LogP contribution >= 0.6 is 23.1 Å². The summed E-state index contributed by atoms with van der Waals surface area (Å²) in [6.07, 6.45) is 0.873. The molecule has 0 spiro atoms. The van der Waals surface area contributed by atoms with Crippen LogP contribution in [0.1, 0.15) is 11.5 Å². The molecule has 0 aliphatic heterocycles.